The van der Waals surface area contributed by atoms with Crippen molar-refractivity contribution in [2.75, 3.05) is 13.2 Å². The van der Waals surface area contributed by atoms with E-state index >= 15 is 0 Å². The molecule has 0 aliphatic heterocycles. The molecule has 0 heterocycles. The molecule has 0 radical (unpaired) electrons. The Kier molecular flexibility index (Phi) is 5.35. The van der Waals surface area contributed by atoms with Crippen LogP contribution in [0.5, 0.6) is 5.75 Å². The van der Waals surface area contributed by atoms with Crippen LogP contribution in [0.25, 0.3) is 0 Å². The highest BCUT2D eigenvalue weighted by Crippen LogP contribution is 2.28. The molecule has 0 amide bonds. The van der Waals surface area contributed by atoms with Crippen molar-refractivity contribution >= 4 is 5.69 Å². The van der Waals surface area contributed by atoms with Crippen molar-refractivity contribution in [3.63, 3.8) is 0 Å². The van der Waals surface area contributed by atoms with Gasteiger partial charge < -0.3 is 10.1 Å². The molecule has 0 spiro atoms. The van der Waals surface area contributed by atoms with E-state index in [0.29, 0.717) is 12.5 Å². The molecule has 1 aliphatic carbocycles. The first-order chi connectivity index (χ1) is 9.70. The van der Waals surface area contributed by atoms with Crippen LogP contribution in [0, 0.1) is 16.0 Å². The van der Waals surface area contributed by atoms with Gasteiger partial charge in [-0.15, -0.1) is 0 Å². The molecule has 5 heteroatoms. The highest BCUT2D eigenvalue weighted by atomic mass is 16.6. The zero-order valence-corrected chi connectivity index (χ0v) is 11.9. The van der Waals surface area contributed by atoms with Crippen LogP contribution >= 0.6 is 0 Å². The number of nitrogens with zero attached hydrogens (tertiary/aromatic N) is 1. The monoisotopic (exact) mass is 278 g/mol. The summed E-state index contributed by atoms with van der Waals surface area (Å²) in [7, 11) is 0. The molecule has 0 bridgehead atoms. The van der Waals surface area contributed by atoms with Gasteiger partial charge in [0.15, 0.2) is 0 Å². The molecule has 0 unspecified atom stereocenters. The van der Waals surface area contributed by atoms with Gasteiger partial charge in [-0.2, -0.15) is 0 Å². The lowest BCUT2D eigenvalue weighted by molar-refractivity contribution is -0.384. The van der Waals surface area contributed by atoms with Crippen LogP contribution < -0.4 is 10.1 Å². The van der Waals surface area contributed by atoms with Gasteiger partial charge in [0.1, 0.15) is 5.75 Å². The largest absolute Gasteiger partial charge is 0.493 e. The minimum absolute atomic E-state index is 0.117. The molecule has 5 nitrogen and oxygen atoms in total. The van der Waals surface area contributed by atoms with E-state index in [-0.39, 0.29) is 10.6 Å². The molecule has 110 valence electrons. The van der Waals surface area contributed by atoms with E-state index in [1.54, 1.807) is 12.1 Å². The summed E-state index contributed by atoms with van der Waals surface area (Å²) in [5.41, 5.74) is 0.977. The number of nitrogens with one attached hydrogen (secondary N) is 1. The molecule has 1 fully saturated rings. The molecule has 1 aliphatic rings. The first-order valence-corrected chi connectivity index (χ1v) is 7.31. The van der Waals surface area contributed by atoms with Crippen molar-refractivity contribution in [2.24, 2.45) is 5.92 Å². The Morgan fingerprint density at radius 2 is 2.15 bits per heavy atom. The number of ether oxygens (including phenoxy) is 1. The first-order valence-electron chi connectivity index (χ1n) is 7.31. The molecule has 1 aromatic rings. The lowest BCUT2D eigenvalue weighted by Crippen LogP contribution is -2.15. The summed E-state index contributed by atoms with van der Waals surface area (Å²) in [5.74, 6) is 1.40. The quantitative estimate of drug-likeness (QED) is 0.614. The van der Waals surface area contributed by atoms with E-state index < -0.39 is 0 Å². The Morgan fingerprint density at radius 3 is 2.80 bits per heavy atom. The SMILES string of the molecule is CCNCc1cc([N+](=O)[O-])ccc1OCC1CCCC1. The lowest BCUT2D eigenvalue weighted by atomic mass is 10.1. The van der Waals surface area contributed by atoms with Crippen LogP contribution in [0.4, 0.5) is 5.69 Å². The van der Waals surface area contributed by atoms with Crippen LogP contribution in [-0.2, 0) is 6.54 Å². The number of hydrogen-bond donors (Lipinski definition) is 1. The Hall–Kier alpha value is -1.62. The molecule has 2 rings (SSSR count). The zero-order valence-electron chi connectivity index (χ0n) is 11.9. The topological polar surface area (TPSA) is 64.4 Å². The maximum absolute atomic E-state index is 10.8. The molecular formula is C15H22N2O3. The van der Waals surface area contributed by atoms with Gasteiger partial charge in [-0.05, 0) is 31.4 Å². The van der Waals surface area contributed by atoms with Gasteiger partial charge in [-0.25, -0.2) is 0 Å². The Labute approximate surface area is 119 Å². The second-order valence-electron chi connectivity index (χ2n) is 5.29. The van der Waals surface area contributed by atoms with Crippen molar-refractivity contribution in [3.05, 3.63) is 33.9 Å². The van der Waals surface area contributed by atoms with Crippen LogP contribution in [0.3, 0.4) is 0 Å². The number of non-ortho nitro benzene ring substituents is 1. The molecule has 0 atom stereocenters. The standard InChI is InChI=1S/C15H22N2O3/c1-2-16-10-13-9-14(17(18)19)7-8-15(13)20-11-12-5-3-4-6-12/h7-9,12,16H,2-6,10-11H2,1H3. The zero-order chi connectivity index (χ0) is 14.4. The van der Waals surface area contributed by atoms with Gasteiger partial charge in [-0.1, -0.05) is 19.8 Å². The summed E-state index contributed by atoms with van der Waals surface area (Å²) >= 11 is 0. The van der Waals surface area contributed by atoms with Gasteiger partial charge in [-0.3, -0.25) is 10.1 Å². The second-order valence-corrected chi connectivity index (χ2v) is 5.29. The summed E-state index contributed by atoms with van der Waals surface area (Å²) in [4.78, 5) is 10.5. The van der Waals surface area contributed by atoms with E-state index in [9.17, 15) is 10.1 Å². The van der Waals surface area contributed by atoms with Crippen molar-refractivity contribution < 1.29 is 9.66 Å². The summed E-state index contributed by atoms with van der Waals surface area (Å²) in [5, 5.41) is 14.0. The van der Waals surface area contributed by atoms with Gasteiger partial charge in [0.05, 0.1) is 11.5 Å². The van der Waals surface area contributed by atoms with Crippen molar-refractivity contribution in [3.8, 4) is 5.75 Å². The highest BCUT2D eigenvalue weighted by molar-refractivity contribution is 5.43. The maximum Gasteiger partial charge on any atom is 0.270 e. The van der Waals surface area contributed by atoms with Gasteiger partial charge >= 0.3 is 0 Å². The normalized spacial score (nSPS) is 15.4. The number of nitro benzene ring substituents is 1. The number of nitro groups is 1. The summed E-state index contributed by atoms with van der Waals surface area (Å²) in [6.45, 7) is 4.15. The van der Waals surface area contributed by atoms with Crippen LogP contribution in [0.15, 0.2) is 18.2 Å². The average molecular weight is 278 g/mol. The van der Waals surface area contributed by atoms with Gasteiger partial charge in [0.2, 0.25) is 0 Å². The van der Waals surface area contributed by atoms with E-state index in [4.69, 9.17) is 4.74 Å². The third-order valence-electron chi connectivity index (χ3n) is 3.77. The first kappa shape index (κ1) is 14.8. The number of benzene rings is 1. The third-order valence-corrected chi connectivity index (χ3v) is 3.77. The van der Waals surface area contributed by atoms with E-state index in [2.05, 4.69) is 5.32 Å². The highest BCUT2D eigenvalue weighted by Gasteiger charge is 2.17. The van der Waals surface area contributed by atoms with E-state index in [0.717, 1.165) is 24.5 Å². The van der Waals surface area contributed by atoms with Gasteiger partial charge in [0, 0.05) is 24.2 Å². The third kappa shape index (κ3) is 3.93. The van der Waals surface area contributed by atoms with Crippen molar-refractivity contribution in [2.45, 2.75) is 39.2 Å². The molecule has 0 saturated heterocycles. The fraction of sp³-hybridized carbons (Fsp3) is 0.600. The molecule has 20 heavy (non-hydrogen) atoms. The number of hydrogen-bond acceptors (Lipinski definition) is 4. The molecule has 0 aromatic heterocycles. The summed E-state index contributed by atoms with van der Waals surface area (Å²) in [6, 6.07) is 4.84. The fourth-order valence-corrected chi connectivity index (χ4v) is 2.60. The minimum atomic E-state index is -0.365. The molecule has 1 N–H and O–H groups in total. The van der Waals surface area contributed by atoms with Crippen molar-refractivity contribution in [1.82, 2.24) is 5.32 Å². The number of rotatable bonds is 7. The van der Waals surface area contributed by atoms with Crippen molar-refractivity contribution in [1.29, 1.82) is 0 Å². The maximum atomic E-state index is 10.8. The minimum Gasteiger partial charge on any atom is -0.493 e. The van der Waals surface area contributed by atoms with Crippen LogP contribution in [-0.4, -0.2) is 18.1 Å². The van der Waals surface area contributed by atoms with Crippen LogP contribution in [0.2, 0.25) is 0 Å². The summed E-state index contributed by atoms with van der Waals surface area (Å²) < 4.78 is 5.89. The molecule has 1 saturated carbocycles. The predicted molar refractivity (Wildman–Crippen MR) is 77.9 cm³/mol. The predicted octanol–water partition coefficient (Wildman–Crippen LogP) is 3.27. The fourth-order valence-electron chi connectivity index (χ4n) is 2.60. The average Bonchev–Trinajstić information content (AvgIpc) is 2.96. The summed E-state index contributed by atoms with van der Waals surface area (Å²) in [6.07, 6.45) is 5.04. The van der Waals surface area contributed by atoms with Gasteiger partial charge in [0.25, 0.3) is 5.69 Å². The van der Waals surface area contributed by atoms with E-state index in [1.807, 2.05) is 6.92 Å². The molecular weight excluding hydrogens is 256 g/mol. The Morgan fingerprint density at radius 1 is 1.40 bits per heavy atom. The lowest BCUT2D eigenvalue weighted by Gasteiger charge is -2.15. The Bertz CT molecular complexity index is 456. The smallest absolute Gasteiger partial charge is 0.270 e. The van der Waals surface area contributed by atoms with E-state index in [1.165, 1.54) is 31.7 Å². The Balaban J connectivity index is 2.06. The van der Waals surface area contributed by atoms with Crippen LogP contribution in [0.1, 0.15) is 38.2 Å². The second kappa shape index (κ2) is 7.24. The molecule has 1 aromatic carbocycles.